The number of carboxylic acid groups (broad SMARTS) is 1. The van der Waals surface area contributed by atoms with E-state index in [4.69, 9.17) is 4.74 Å². The van der Waals surface area contributed by atoms with Crippen LogP contribution >= 0.6 is 0 Å². The third kappa shape index (κ3) is 5.69. The van der Waals surface area contributed by atoms with Crippen molar-refractivity contribution in [3.05, 3.63) is 77.0 Å². The molecule has 2 N–H and O–H groups in total. The average Bonchev–Trinajstić information content (AvgIpc) is 3.68. The molecule has 1 saturated carbocycles. The number of carbonyl (C=O) groups is 2. The van der Waals surface area contributed by atoms with Gasteiger partial charge in [0.25, 0.3) is 0 Å². The van der Waals surface area contributed by atoms with Crippen molar-refractivity contribution >= 4 is 18.2 Å². The fourth-order valence-electron chi connectivity index (χ4n) is 3.79. The Morgan fingerprint density at radius 1 is 1.08 bits per heavy atom. The van der Waals surface area contributed by atoms with Crippen LogP contribution in [0.1, 0.15) is 49.5 Å². The van der Waals surface area contributed by atoms with Gasteiger partial charge >= 0.3 is 18.2 Å². The number of hydrogen-bond donors (Lipinski definition) is 2. The molecule has 10 heteroatoms. The van der Waals surface area contributed by atoms with Crippen LogP contribution in [0.25, 0.3) is 0 Å². The van der Waals surface area contributed by atoms with Gasteiger partial charge in [-0.05, 0) is 74.1 Å². The highest BCUT2D eigenvalue weighted by Crippen LogP contribution is 2.43. The van der Waals surface area contributed by atoms with Crippen LogP contribution in [0.15, 0.2) is 65.3 Å². The van der Waals surface area contributed by atoms with E-state index in [2.05, 4.69) is 10.3 Å². The molecule has 2 aromatic rings. The van der Waals surface area contributed by atoms with Crippen molar-refractivity contribution in [2.24, 2.45) is 10.9 Å². The predicted octanol–water partition coefficient (Wildman–Crippen LogP) is 5.54. The molecular formula is C26H26F3N3O4. The molecule has 0 saturated heterocycles. The van der Waals surface area contributed by atoms with Gasteiger partial charge in [0.15, 0.2) is 11.8 Å². The highest BCUT2D eigenvalue weighted by molar-refractivity contribution is 5.82. The average molecular weight is 502 g/mol. The maximum atomic E-state index is 13.3. The Balaban J connectivity index is 1.47. The molecule has 0 bridgehead atoms. The van der Waals surface area contributed by atoms with Gasteiger partial charge in [-0.1, -0.05) is 24.3 Å². The van der Waals surface area contributed by atoms with Crippen molar-refractivity contribution in [1.82, 2.24) is 10.2 Å². The quantitative estimate of drug-likeness (QED) is 0.522. The van der Waals surface area contributed by atoms with Crippen molar-refractivity contribution in [3.63, 3.8) is 0 Å². The molecule has 1 heterocycles. The molecule has 2 aliphatic rings. The minimum absolute atomic E-state index is 0.180. The Bertz CT molecular complexity index is 1180. The molecule has 1 fully saturated rings. The van der Waals surface area contributed by atoms with E-state index in [1.54, 1.807) is 36.6 Å². The van der Waals surface area contributed by atoms with Crippen LogP contribution in [0.4, 0.5) is 18.0 Å². The van der Waals surface area contributed by atoms with Crippen LogP contribution in [0.2, 0.25) is 0 Å². The van der Waals surface area contributed by atoms with E-state index in [0.717, 1.165) is 36.2 Å². The number of benzene rings is 2. The number of allylic oxidation sites excluding steroid dienone is 2. The van der Waals surface area contributed by atoms with Gasteiger partial charge in [-0.25, -0.2) is 9.59 Å². The molecule has 1 atom stereocenters. The SMILES string of the molecule is CC(C)(Oc1ccc(CNC(=O)N2C(C3CC3)=CC=NC2c2ccc(C(F)(F)F)cc2)cc1)C(=O)O. The zero-order chi connectivity index (χ0) is 26.1. The summed E-state index contributed by atoms with van der Waals surface area (Å²) in [5.41, 5.74) is -0.134. The summed E-state index contributed by atoms with van der Waals surface area (Å²) >= 11 is 0. The van der Waals surface area contributed by atoms with Crippen molar-refractivity contribution in [2.45, 2.75) is 51.2 Å². The van der Waals surface area contributed by atoms with E-state index in [9.17, 15) is 27.9 Å². The van der Waals surface area contributed by atoms with E-state index in [1.807, 2.05) is 0 Å². The van der Waals surface area contributed by atoms with E-state index >= 15 is 0 Å². The molecule has 2 amide bonds. The Hall–Kier alpha value is -3.82. The van der Waals surface area contributed by atoms with Gasteiger partial charge in [-0.2, -0.15) is 13.2 Å². The van der Waals surface area contributed by atoms with Crippen LogP contribution in [0.3, 0.4) is 0 Å². The van der Waals surface area contributed by atoms with Crippen LogP contribution in [0.5, 0.6) is 5.75 Å². The summed E-state index contributed by atoms with van der Waals surface area (Å²) < 4.78 is 44.5. The second-order valence-electron chi connectivity index (χ2n) is 9.25. The van der Waals surface area contributed by atoms with Crippen LogP contribution in [-0.4, -0.2) is 33.8 Å². The molecule has 2 aromatic carbocycles. The number of aliphatic imine (C=N–C) groups is 1. The van der Waals surface area contributed by atoms with Crippen molar-refractivity contribution in [2.75, 3.05) is 0 Å². The number of aliphatic carboxylic acids is 1. The van der Waals surface area contributed by atoms with Crippen molar-refractivity contribution in [3.8, 4) is 5.75 Å². The van der Waals surface area contributed by atoms with Gasteiger partial charge < -0.3 is 15.2 Å². The lowest BCUT2D eigenvalue weighted by Crippen LogP contribution is -2.42. The second-order valence-corrected chi connectivity index (χ2v) is 9.25. The number of nitrogens with zero attached hydrogens (tertiary/aromatic N) is 2. The highest BCUT2D eigenvalue weighted by Gasteiger charge is 2.38. The smallest absolute Gasteiger partial charge is 0.416 e. The van der Waals surface area contributed by atoms with Crippen molar-refractivity contribution in [1.29, 1.82) is 0 Å². The molecule has 4 rings (SSSR count). The minimum Gasteiger partial charge on any atom is -0.478 e. The molecule has 0 aromatic heterocycles. The second kappa shape index (κ2) is 9.67. The van der Waals surface area contributed by atoms with Gasteiger partial charge in [0.05, 0.1) is 5.56 Å². The molecule has 0 spiro atoms. The first-order valence-electron chi connectivity index (χ1n) is 11.4. The number of hydrogen-bond acceptors (Lipinski definition) is 4. The normalized spacial score (nSPS) is 18.0. The maximum Gasteiger partial charge on any atom is 0.416 e. The zero-order valence-electron chi connectivity index (χ0n) is 19.7. The summed E-state index contributed by atoms with van der Waals surface area (Å²) in [5.74, 6) is -0.511. The Kier molecular flexibility index (Phi) is 6.79. The van der Waals surface area contributed by atoms with Crippen LogP contribution in [0, 0.1) is 5.92 Å². The van der Waals surface area contributed by atoms with E-state index < -0.39 is 35.5 Å². The number of ether oxygens (including phenoxy) is 1. The monoisotopic (exact) mass is 501 g/mol. The minimum atomic E-state index is -4.45. The summed E-state index contributed by atoms with van der Waals surface area (Å²) in [6.45, 7) is 3.07. The molecule has 1 aliphatic carbocycles. The summed E-state index contributed by atoms with van der Waals surface area (Å²) in [6, 6.07) is 10.9. The van der Waals surface area contributed by atoms with Gasteiger partial charge in [0.2, 0.25) is 0 Å². The number of rotatable bonds is 7. The summed E-state index contributed by atoms with van der Waals surface area (Å²) in [5, 5.41) is 12.1. The number of carbonyl (C=O) groups excluding carboxylic acids is 1. The largest absolute Gasteiger partial charge is 0.478 e. The fourth-order valence-corrected chi connectivity index (χ4v) is 3.79. The predicted molar refractivity (Wildman–Crippen MR) is 126 cm³/mol. The number of nitrogens with one attached hydrogen (secondary N) is 1. The lowest BCUT2D eigenvalue weighted by molar-refractivity contribution is -0.152. The summed E-state index contributed by atoms with van der Waals surface area (Å²) in [4.78, 5) is 30.4. The maximum absolute atomic E-state index is 13.3. The first kappa shape index (κ1) is 25.3. The topological polar surface area (TPSA) is 91.2 Å². The standard InChI is InChI=1S/C26H26F3N3O4/c1-25(2,23(33)34)36-20-11-3-16(4-12-20)15-31-24(35)32-21(17-5-6-17)13-14-30-22(32)18-7-9-19(10-8-18)26(27,28)29/h3-4,7-14,17,22H,5-6,15H2,1-2H3,(H,31,35)(H,33,34). The zero-order valence-corrected chi connectivity index (χ0v) is 19.7. The molecule has 1 aliphatic heterocycles. The summed E-state index contributed by atoms with van der Waals surface area (Å²) in [6.07, 6.45) is -0.00377. The number of alkyl halides is 3. The highest BCUT2D eigenvalue weighted by atomic mass is 19.4. The van der Waals surface area contributed by atoms with E-state index in [-0.39, 0.29) is 12.5 Å². The fraction of sp³-hybridized carbons (Fsp3) is 0.346. The lowest BCUT2D eigenvalue weighted by atomic mass is 10.1. The molecular weight excluding hydrogens is 475 g/mol. The number of amides is 2. The molecule has 0 radical (unpaired) electrons. The number of carboxylic acids is 1. The Labute approximate surface area is 206 Å². The van der Waals surface area contributed by atoms with Crippen LogP contribution < -0.4 is 10.1 Å². The number of halogens is 3. The van der Waals surface area contributed by atoms with E-state index in [0.29, 0.717) is 11.3 Å². The Morgan fingerprint density at radius 3 is 2.28 bits per heavy atom. The summed E-state index contributed by atoms with van der Waals surface area (Å²) in [7, 11) is 0. The van der Waals surface area contributed by atoms with Gasteiger partial charge in [-0.15, -0.1) is 0 Å². The molecule has 190 valence electrons. The molecule has 7 nitrogen and oxygen atoms in total. The van der Waals surface area contributed by atoms with Gasteiger partial charge in [0, 0.05) is 18.5 Å². The van der Waals surface area contributed by atoms with Crippen molar-refractivity contribution < 1.29 is 32.6 Å². The van der Waals surface area contributed by atoms with Gasteiger partial charge in [-0.3, -0.25) is 9.89 Å². The molecule has 1 unspecified atom stereocenters. The molecule has 36 heavy (non-hydrogen) atoms. The van der Waals surface area contributed by atoms with Crippen LogP contribution in [-0.2, 0) is 17.5 Å². The first-order chi connectivity index (χ1) is 17.0. The van der Waals surface area contributed by atoms with Gasteiger partial charge in [0.1, 0.15) is 5.75 Å². The first-order valence-corrected chi connectivity index (χ1v) is 11.4. The Morgan fingerprint density at radius 2 is 1.72 bits per heavy atom. The third-order valence-electron chi connectivity index (χ3n) is 6.00. The number of urea groups is 1. The third-order valence-corrected chi connectivity index (χ3v) is 6.00. The van der Waals surface area contributed by atoms with E-state index in [1.165, 1.54) is 30.9 Å². The lowest BCUT2D eigenvalue weighted by Gasteiger charge is -2.33.